The van der Waals surface area contributed by atoms with E-state index in [0.29, 0.717) is 18.7 Å². The van der Waals surface area contributed by atoms with Crippen LogP contribution in [0.5, 0.6) is 0 Å². The van der Waals surface area contributed by atoms with Gasteiger partial charge in [0.2, 0.25) is 5.52 Å². The van der Waals surface area contributed by atoms with Crippen LogP contribution in [0.15, 0.2) is 16.8 Å². The van der Waals surface area contributed by atoms with Crippen molar-refractivity contribution >= 4 is 32.2 Å². The van der Waals surface area contributed by atoms with E-state index in [4.69, 9.17) is 0 Å². The van der Waals surface area contributed by atoms with Gasteiger partial charge in [-0.15, -0.1) is 0 Å². The average Bonchev–Trinajstić information content (AvgIpc) is 2.82. The highest BCUT2D eigenvalue weighted by atomic mass is 32.2. The number of nitrogens with zero attached hydrogens (tertiary/aromatic N) is 3. The van der Waals surface area contributed by atoms with E-state index in [1.54, 1.807) is 0 Å². The topological polar surface area (TPSA) is 128 Å². The molecule has 0 unspecified atom stereocenters. The lowest BCUT2D eigenvalue weighted by Gasteiger charge is -2.05. The van der Waals surface area contributed by atoms with Crippen molar-refractivity contribution in [2.24, 2.45) is 0 Å². The molecule has 0 aliphatic rings. The first-order valence-electron chi connectivity index (χ1n) is 5.70. The van der Waals surface area contributed by atoms with E-state index in [-0.39, 0.29) is 22.5 Å². The first-order valence-corrected chi connectivity index (χ1v) is 7.76. The summed E-state index contributed by atoms with van der Waals surface area (Å²) in [5.74, 6) is 0.0627. The minimum absolute atomic E-state index is 0.0584. The van der Waals surface area contributed by atoms with E-state index in [1.165, 1.54) is 18.4 Å². The molecule has 1 N–H and O–H groups in total. The molecule has 0 saturated heterocycles. The van der Waals surface area contributed by atoms with Crippen molar-refractivity contribution in [3.63, 3.8) is 0 Å². The molecule has 1 aromatic heterocycles. The van der Waals surface area contributed by atoms with Crippen LogP contribution < -0.4 is 5.32 Å². The summed E-state index contributed by atoms with van der Waals surface area (Å²) in [5.41, 5.74) is 0.630. The number of hydrogen-bond donors (Lipinski definition) is 1. The number of non-ortho nitro benzene ring substituents is 1. The van der Waals surface area contributed by atoms with Gasteiger partial charge in [0.15, 0.2) is 5.52 Å². The maximum Gasteiger partial charge on any atom is 0.300 e. The van der Waals surface area contributed by atoms with Gasteiger partial charge in [-0.05, 0) is 22.8 Å². The molecular weight excluding hydrogens is 288 g/mol. The fourth-order valence-corrected chi connectivity index (χ4v) is 2.37. The minimum atomic E-state index is -3.00. The van der Waals surface area contributed by atoms with Gasteiger partial charge < -0.3 is 5.32 Å². The number of benzene rings is 1. The third-order valence-corrected chi connectivity index (χ3v) is 3.63. The molecule has 1 heterocycles. The highest BCUT2D eigenvalue weighted by Gasteiger charge is 2.19. The Morgan fingerprint density at radius 2 is 2.05 bits per heavy atom. The Bertz CT molecular complexity index is 739. The molecule has 0 radical (unpaired) electrons. The summed E-state index contributed by atoms with van der Waals surface area (Å²) in [4.78, 5) is 10.2. The van der Waals surface area contributed by atoms with Crippen molar-refractivity contribution < 1.29 is 18.0 Å². The Kier molecular flexibility index (Phi) is 3.84. The second-order valence-corrected chi connectivity index (χ2v) is 6.52. The number of sulfone groups is 1. The third-order valence-electron chi connectivity index (χ3n) is 2.60. The average molecular weight is 300 g/mol. The van der Waals surface area contributed by atoms with Crippen molar-refractivity contribution in [2.45, 2.75) is 6.42 Å². The van der Waals surface area contributed by atoms with Gasteiger partial charge in [-0.25, -0.2) is 13.0 Å². The number of fused-ring (bicyclic) bond motifs is 1. The number of nitro benzene ring substituents is 1. The smallest absolute Gasteiger partial charge is 0.300 e. The maximum absolute atomic E-state index is 11.0. The summed E-state index contributed by atoms with van der Waals surface area (Å²) >= 11 is 0. The summed E-state index contributed by atoms with van der Waals surface area (Å²) in [7, 11) is -3.00. The zero-order valence-corrected chi connectivity index (χ0v) is 11.4. The molecule has 0 saturated carbocycles. The summed E-state index contributed by atoms with van der Waals surface area (Å²) in [6.07, 6.45) is 1.58. The molecule has 0 atom stereocenters. The van der Waals surface area contributed by atoms with E-state index in [9.17, 15) is 18.5 Å². The molecule has 1 aromatic carbocycles. The summed E-state index contributed by atoms with van der Waals surface area (Å²) in [5, 5.41) is 20.9. The van der Waals surface area contributed by atoms with Crippen LogP contribution in [0, 0.1) is 10.1 Å². The predicted octanol–water partition coefficient (Wildman–Crippen LogP) is 0.978. The van der Waals surface area contributed by atoms with Crippen LogP contribution in [0.4, 0.5) is 11.4 Å². The highest BCUT2D eigenvalue weighted by Crippen LogP contribution is 2.28. The molecule has 9 nitrogen and oxygen atoms in total. The molecule has 2 rings (SSSR count). The molecule has 20 heavy (non-hydrogen) atoms. The fourth-order valence-electron chi connectivity index (χ4n) is 1.70. The molecule has 0 spiro atoms. The zero-order chi connectivity index (χ0) is 14.8. The summed E-state index contributed by atoms with van der Waals surface area (Å²) < 4.78 is 26.5. The van der Waals surface area contributed by atoms with Crippen LogP contribution in [-0.2, 0) is 9.84 Å². The Morgan fingerprint density at radius 1 is 1.35 bits per heavy atom. The highest BCUT2D eigenvalue weighted by molar-refractivity contribution is 7.90. The van der Waals surface area contributed by atoms with E-state index >= 15 is 0 Å². The van der Waals surface area contributed by atoms with Gasteiger partial charge in [-0.1, -0.05) is 0 Å². The lowest BCUT2D eigenvalue weighted by molar-refractivity contribution is -0.383. The van der Waals surface area contributed by atoms with Crippen molar-refractivity contribution in [1.82, 2.24) is 10.3 Å². The SMILES string of the molecule is CS(=O)(=O)CCCNc1ccc([N+](=O)[O-])c2nonc12. The van der Waals surface area contributed by atoms with E-state index in [0.717, 1.165) is 0 Å². The maximum atomic E-state index is 11.0. The third kappa shape index (κ3) is 3.20. The number of anilines is 1. The lowest BCUT2D eigenvalue weighted by Crippen LogP contribution is -2.10. The van der Waals surface area contributed by atoms with E-state index in [2.05, 4.69) is 20.3 Å². The van der Waals surface area contributed by atoms with Gasteiger partial charge in [0.25, 0.3) is 0 Å². The molecule has 2 aromatic rings. The molecule has 0 aliphatic heterocycles. The van der Waals surface area contributed by atoms with E-state index in [1.807, 2.05) is 0 Å². The molecule has 0 aliphatic carbocycles. The standard InChI is InChI=1S/C10H12N4O5S/c1-20(17,18)6-2-5-11-7-3-4-8(14(15)16)10-9(7)12-19-13-10/h3-4,11H,2,5-6H2,1H3. The molecule has 0 bridgehead atoms. The van der Waals surface area contributed by atoms with Crippen LogP contribution in [-0.4, -0.2) is 42.2 Å². The van der Waals surface area contributed by atoms with Crippen LogP contribution in [0.2, 0.25) is 0 Å². The molecule has 0 fully saturated rings. The van der Waals surface area contributed by atoms with E-state index < -0.39 is 14.8 Å². The summed E-state index contributed by atoms with van der Waals surface area (Å²) in [6, 6.07) is 2.79. The van der Waals surface area contributed by atoms with Crippen molar-refractivity contribution in [3.05, 3.63) is 22.2 Å². The molecule has 108 valence electrons. The van der Waals surface area contributed by atoms with Crippen LogP contribution in [0.25, 0.3) is 11.0 Å². The first-order chi connectivity index (χ1) is 9.38. The molecule has 10 heteroatoms. The van der Waals surface area contributed by atoms with Crippen molar-refractivity contribution in [2.75, 3.05) is 23.9 Å². The predicted molar refractivity (Wildman–Crippen MR) is 71.3 cm³/mol. The van der Waals surface area contributed by atoms with Gasteiger partial charge in [-0.3, -0.25) is 10.1 Å². The molecule has 0 amide bonds. The normalized spacial score (nSPS) is 11.7. The minimum Gasteiger partial charge on any atom is -0.383 e. The van der Waals surface area contributed by atoms with Gasteiger partial charge in [0.1, 0.15) is 9.84 Å². The van der Waals surface area contributed by atoms with Gasteiger partial charge in [0.05, 0.1) is 16.4 Å². The van der Waals surface area contributed by atoms with Crippen molar-refractivity contribution in [1.29, 1.82) is 0 Å². The number of hydrogen-bond acceptors (Lipinski definition) is 8. The lowest BCUT2D eigenvalue weighted by atomic mass is 10.2. The first kappa shape index (κ1) is 14.2. The Balaban J connectivity index is 2.14. The van der Waals surface area contributed by atoms with Gasteiger partial charge in [-0.2, -0.15) is 0 Å². The molecular formula is C10H12N4O5S. The van der Waals surface area contributed by atoms with Crippen LogP contribution in [0.1, 0.15) is 6.42 Å². The quantitative estimate of drug-likeness (QED) is 0.475. The van der Waals surface area contributed by atoms with Crippen LogP contribution >= 0.6 is 0 Å². The van der Waals surface area contributed by atoms with Crippen molar-refractivity contribution in [3.8, 4) is 0 Å². The van der Waals surface area contributed by atoms with Crippen LogP contribution in [0.3, 0.4) is 0 Å². The zero-order valence-electron chi connectivity index (χ0n) is 10.6. The second kappa shape index (κ2) is 5.41. The number of rotatable bonds is 6. The number of nitrogens with one attached hydrogen (secondary N) is 1. The van der Waals surface area contributed by atoms with Gasteiger partial charge >= 0.3 is 5.69 Å². The largest absolute Gasteiger partial charge is 0.383 e. The Morgan fingerprint density at radius 3 is 2.70 bits per heavy atom. The number of aromatic nitrogens is 2. The Hall–Kier alpha value is -2.23. The fraction of sp³-hybridized carbons (Fsp3) is 0.400. The monoisotopic (exact) mass is 300 g/mol. The number of nitro groups is 1. The Labute approximate surface area is 114 Å². The second-order valence-electron chi connectivity index (χ2n) is 4.26. The summed E-state index contributed by atoms with van der Waals surface area (Å²) in [6.45, 7) is 0.396. The van der Waals surface area contributed by atoms with Gasteiger partial charge in [0, 0.05) is 18.9 Å².